The molecular formula is C18H13N3O3. The molecule has 1 aliphatic rings. The lowest BCUT2D eigenvalue weighted by Gasteiger charge is -2.24. The lowest BCUT2D eigenvalue weighted by Crippen LogP contribution is -2.31. The summed E-state index contributed by atoms with van der Waals surface area (Å²) in [5.74, 6) is -3.19. The van der Waals surface area contributed by atoms with Gasteiger partial charge in [0.05, 0.1) is 12.1 Å². The summed E-state index contributed by atoms with van der Waals surface area (Å²) in [6.07, 6.45) is 3.07. The Hall–Kier alpha value is -3.33. The molecule has 1 aromatic heterocycles. The van der Waals surface area contributed by atoms with Gasteiger partial charge < -0.3 is 4.90 Å². The zero-order chi connectivity index (χ0) is 17.1. The Morgan fingerprint density at radius 3 is 2.54 bits per heavy atom. The monoisotopic (exact) mass is 319 g/mol. The topological polar surface area (TPSA) is 91.1 Å². The lowest BCUT2D eigenvalue weighted by molar-refractivity contribution is -0.140. The van der Waals surface area contributed by atoms with E-state index in [0.717, 1.165) is 4.90 Å². The fourth-order valence-electron chi connectivity index (χ4n) is 2.94. The Morgan fingerprint density at radius 2 is 1.92 bits per heavy atom. The third-order valence-corrected chi connectivity index (χ3v) is 4.01. The second-order valence-corrected chi connectivity index (χ2v) is 5.39. The quantitative estimate of drug-likeness (QED) is 0.369. The number of nitriles is 1. The van der Waals surface area contributed by atoms with E-state index in [1.807, 2.05) is 6.07 Å². The first kappa shape index (κ1) is 15.6. The molecule has 2 aromatic rings. The van der Waals surface area contributed by atoms with Gasteiger partial charge in [0.25, 0.3) is 5.91 Å². The van der Waals surface area contributed by atoms with Gasteiger partial charge >= 0.3 is 0 Å². The number of carbonyl (C=O) groups excluding carboxylic acids is 3. The molecule has 1 saturated heterocycles. The molecule has 0 bridgehead atoms. The Labute approximate surface area is 138 Å². The molecule has 2 atom stereocenters. The standard InChI is InChI=1S/C18H13N3O3/c19-8-10-21-15(13-7-4-9-20-11-13)14(17(23)18(21)24)16(22)12-5-2-1-3-6-12/h1-7,9,11,14-15H,10H2. The minimum absolute atomic E-state index is 0.261. The summed E-state index contributed by atoms with van der Waals surface area (Å²) in [6, 6.07) is 12.8. The van der Waals surface area contributed by atoms with E-state index >= 15 is 0 Å². The van der Waals surface area contributed by atoms with Gasteiger partial charge in [0, 0.05) is 18.0 Å². The maximum Gasteiger partial charge on any atom is 0.292 e. The minimum Gasteiger partial charge on any atom is -0.314 e. The molecule has 0 saturated carbocycles. The Balaban J connectivity index is 2.08. The van der Waals surface area contributed by atoms with E-state index in [1.54, 1.807) is 48.7 Å². The van der Waals surface area contributed by atoms with Crippen molar-refractivity contribution in [3.63, 3.8) is 0 Å². The average Bonchev–Trinajstić information content (AvgIpc) is 2.88. The highest BCUT2D eigenvalue weighted by atomic mass is 16.2. The number of likely N-dealkylation sites (tertiary alicyclic amines) is 1. The third kappa shape index (κ3) is 2.57. The first-order chi connectivity index (χ1) is 11.6. The van der Waals surface area contributed by atoms with E-state index in [4.69, 9.17) is 5.26 Å². The van der Waals surface area contributed by atoms with Crippen molar-refractivity contribution in [2.75, 3.05) is 6.54 Å². The van der Waals surface area contributed by atoms with Crippen LogP contribution < -0.4 is 0 Å². The van der Waals surface area contributed by atoms with Gasteiger partial charge in [-0.25, -0.2) is 0 Å². The van der Waals surface area contributed by atoms with E-state index in [1.165, 1.54) is 6.20 Å². The Bertz CT molecular complexity index is 828. The molecule has 118 valence electrons. The van der Waals surface area contributed by atoms with Crippen molar-refractivity contribution in [2.24, 2.45) is 5.92 Å². The van der Waals surface area contributed by atoms with Gasteiger partial charge in [0.15, 0.2) is 5.78 Å². The number of hydrogen-bond acceptors (Lipinski definition) is 5. The summed E-state index contributed by atoms with van der Waals surface area (Å²) >= 11 is 0. The molecule has 6 heteroatoms. The average molecular weight is 319 g/mol. The predicted octanol–water partition coefficient (Wildman–Crippen LogP) is 1.56. The SMILES string of the molecule is N#CCN1C(=O)C(=O)C(C(=O)c2ccccc2)C1c1cccnc1. The summed E-state index contributed by atoms with van der Waals surface area (Å²) in [7, 11) is 0. The van der Waals surface area contributed by atoms with Crippen LogP contribution in [0.5, 0.6) is 0 Å². The van der Waals surface area contributed by atoms with E-state index in [9.17, 15) is 14.4 Å². The first-order valence-electron chi connectivity index (χ1n) is 7.36. The highest BCUT2D eigenvalue weighted by Gasteiger charge is 2.51. The van der Waals surface area contributed by atoms with Crippen molar-refractivity contribution >= 4 is 17.5 Å². The smallest absolute Gasteiger partial charge is 0.292 e. The zero-order valence-electron chi connectivity index (χ0n) is 12.6. The number of hydrogen-bond donors (Lipinski definition) is 0. The maximum absolute atomic E-state index is 12.8. The Morgan fingerprint density at radius 1 is 1.17 bits per heavy atom. The second kappa shape index (κ2) is 6.42. The number of pyridine rings is 1. The van der Waals surface area contributed by atoms with E-state index in [-0.39, 0.29) is 6.54 Å². The van der Waals surface area contributed by atoms with Crippen molar-refractivity contribution in [3.8, 4) is 6.07 Å². The van der Waals surface area contributed by atoms with Gasteiger partial charge in [0.1, 0.15) is 12.5 Å². The predicted molar refractivity (Wildman–Crippen MR) is 83.6 cm³/mol. The molecule has 2 heterocycles. The van der Waals surface area contributed by atoms with Crippen LogP contribution in [0.15, 0.2) is 54.9 Å². The van der Waals surface area contributed by atoms with Crippen molar-refractivity contribution in [2.45, 2.75) is 6.04 Å². The molecule has 3 rings (SSSR count). The van der Waals surface area contributed by atoms with Crippen LogP contribution in [-0.4, -0.2) is 33.9 Å². The third-order valence-electron chi connectivity index (χ3n) is 4.01. The van der Waals surface area contributed by atoms with Crippen molar-refractivity contribution in [3.05, 3.63) is 66.0 Å². The van der Waals surface area contributed by atoms with Crippen LogP contribution in [0.3, 0.4) is 0 Å². The number of amides is 1. The van der Waals surface area contributed by atoms with Crippen LogP contribution >= 0.6 is 0 Å². The molecule has 1 amide bonds. The molecular weight excluding hydrogens is 306 g/mol. The fraction of sp³-hybridized carbons (Fsp3) is 0.167. The molecule has 6 nitrogen and oxygen atoms in total. The molecule has 0 aliphatic carbocycles. The van der Waals surface area contributed by atoms with Crippen molar-refractivity contribution in [1.29, 1.82) is 5.26 Å². The Kier molecular flexibility index (Phi) is 4.17. The number of Topliss-reactive ketones (excluding diaryl/α,β-unsaturated/α-hetero) is 2. The largest absolute Gasteiger partial charge is 0.314 e. The molecule has 24 heavy (non-hydrogen) atoms. The summed E-state index contributed by atoms with van der Waals surface area (Å²) in [5, 5.41) is 8.98. The van der Waals surface area contributed by atoms with E-state index in [2.05, 4.69) is 4.98 Å². The maximum atomic E-state index is 12.8. The zero-order valence-corrected chi connectivity index (χ0v) is 12.6. The number of aromatic nitrogens is 1. The molecule has 0 radical (unpaired) electrons. The van der Waals surface area contributed by atoms with Gasteiger partial charge in [-0.2, -0.15) is 5.26 Å². The number of benzene rings is 1. The van der Waals surface area contributed by atoms with Crippen LogP contribution in [-0.2, 0) is 9.59 Å². The highest BCUT2D eigenvalue weighted by molar-refractivity contribution is 6.44. The lowest BCUT2D eigenvalue weighted by atomic mass is 9.87. The van der Waals surface area contributed by atoms with Crippen LogP contribution in [0.25, 0.3) is 0 Å². The molecule has 1 fully saturated rings. The van der Waals surface area contributed by atoms with E-state index < -0.39 is 29.4 Å². The van der Waals surface area contributed by atoms with Crippen molar-refractivity contribution in [1.82, 2.24) is 9.88 Å². The normalized spacial score (nSPS) is 20.0. The van der Waals surface area contributed by atoms with Gasteiger partial charge in [0.2, 0.25) is 5.78 Å². The van der Waals surface area contributed by atoms with Crippen LogP contribution in [0.2, 0.25) is 0 Å². The van der Waals surface area contributed by atoms with E-state index in [0.29, 0.717) is 11.1 Å². The molecule has 0 spiro atoms. The molecule has 2 unspecified atom stereocenters. The highest BCUT2D eigenvalue weighted by Crippen LogP contribution is 2.37. The van der Waals surface area contributed by atoms with Gasteiger partial charge in [-0.15, -0.1) is 0 Å². The number of rotatable bonds is 4. The number of ketones is 2. The summed E-state index contributed by atoms with van der Waals surface area (Å²) in [6.45, 7) is -0.261. The molecule has 1 aliphatic heterocycles. The molecule has 0 N–H and O–H groups in total. The first-order valence-corrected chi connectivity index (χ1v) is 7.36. The van der Waals surface area contributed by atoms with Gasteiger partial charge in [-0.1, -0.05) is 36.4 Å². The molecule has 1 aromatic carbocycles. The van der Waals surface area contributed by atoms with Gasteiger partial charge in [-0.3, -0.25) is 19.4 Å². The number of carbonyl (C=O) groups is 3. The van der Waals surface area contributed by atoms with Gasteiger partial charge in [-0.05, 0) is 11.6 Å². The fourth-order valence-corrected chi connectivity index (χ4v) is 2.94. The second-order valence-electron chi connectivity index (χ2n) is 5.39. The summed E-state index contributed by atoms with van der Waals surface area (Å²) < 4.78 is 0. The summed E-state index contributed by atoms with van der Waals surface area (Å²) in [4.78, 5) is 42.7. The van der Waals surface area contributed by atoms with Crippen LogP contribution in [0, 0.1) is 17.2 Å². The number of nitrogens with zero attached hydrogens (tertiary/aromatic N) is 3. The summed E-state index contributed by atoms with van der Waals surface area (Å²) in [5.41, 5.74) is 0.914. The van der Waals surface area contributed by atoms with Crippen LogP contribution in [0.1, 0.15) is 22.0 Å². The van der Waals surface area contributed by atoms with Crippen LogP contribution in [0.4, 0.5) is 0 Å². The van der Waals surface area contributed by atoms with Crippen molar-refractivity contribution < 1.29 is 14.4 Å². The minimum atomic E-state index is -1.17.